The average molecular weight is 190 g/mol. The molecule has 14 heavy (non-hydrogen) atoms. The molecule has 0 saturated carbocycles. The minimum atomic E-state index is -0.738. The third kappa shape index (κ3) is 1.30. The van der Waals surface area contributed by atoms with Gasteiger partial charge >= 0.3 is 0 Å². The quantitative estimate of drug-likeness (QED) is 0.666. The third-order valence-electron chi connectivity index (χ3n) is 2.81. The van der Waals surface area contributed by atoms with Gasteiger partial charge in [-0.15, -0.1) is 0 Å². The topological polar surface area (TPSA) is 55.1 Å². The fourth-order valence-electron chi connectivity index (χ4n) is 2.05. The van der Waals surface area contributed by atoms with Crippen LogP contribution in [-0.4, -0.2) is 18.5 Å². The van der Waals surface area contributed by atoms with Gasteiger partial charge in [-0.3, -0.25) is 4.79 Å². The minimum absolute atomic E-state index is 0.0753. The first-order valence-electron chi connectivity index (χ1n) is 4.73. The Morgan fingerprint density at radius 2 is 1.86 bits per heavy atom. The van der Waals surface area contributed by atoms with Crippen LogP contribution in [0.4, 0.5) is 0 Å². The number of amides is 1. The van der Waals surface area contributed by atoms with Gasteiger partial charge in [-0.2, -0.15) is 0 Å². The Hall–Kier alpha value is -1.35. The largest absolute Gasteiger partial charge is 0.358 e. The van der Waals surface area contributed by atoms with Gasteiger partial charge in [-0.05, 0) is 24.0 Å². The molecule has 0 saturated heterocycles. The van der Waals surface area contributed by atoms with E-state index in [1.54, 1.807) is 7.05 Å². The van der Waals surface area contributed by atoms with Crippen molar-refractivity contribution in [2.75, 3.05) is 7.05 Å². The van der Waals surface area contributed by atoms with Crippen molar-refractivity contribution in [1.82, 2.24) is 5.32 Å². The summed E-state index contributed by atoms with van der Waals surface area (Å²) in [5.41, 5.74) is 7.70. The standard InChI is InChI=1S/C11H14N2O/c1-13-10(14)11(12)6-8-4-2-3-5-9(8)7-11/h2-5H,6-7,12H2,1H3,(H,13,14). The Morgan fingerprint density at radius 1 is 1.36 bits per heavy atom. The molecule has 0 aliphatic heterocycles. The highest BCUT2D eigenvalue weighted by Gasteiger charge is 2.39. The van der Waals surface area contributed by atoms with Crippen LogP contribution < -0.4 is 11.1 Å². The predicted molar refractivity (Wildman–Crippen MR) is 54.8 cm³/mol. The van der Waals surface area contributed by atoms with Crippen LogP contribution >= 0.6 is 0 Å². The first kappa shape index (κ1) is 9.21. The van der Waals surface area contributed by atoms with Crippen molar-refractivity contribution in [3.63, 3.8) is 0 Å². The average Bonchev–Trinajstić information content (AvgIpc) is 2.54. The van der Waals surface area contributed by atoms with E-state index in [4.69, 9.17) is 5.73 Å². The Balaban J connectivity index is 2.30. The van der Waals surface area contributed by atoms with Crippen molar-refractivity contribution in [3.05, 3.63) is 35.4 Å². The second kappa shape index (κ2) is 3.10. The van der Waals surface area contributed by atoms with Crippen LogP contribution in [0.2, 0.25) is 0 Å². The van der Waals surface area contributed by atoms with Gasteiger partial charge < -0.3 is 11.1 Å². The monoisotopic (exact) mass is 190 g/mol. The summed E-state index contributed by atoms with van der Waals surface area (Å²) in [5, 5.41) is 2.62. The van der Waals surface area contributed by atoms with Crippen LogP contribution in [0, 0.1) is 0 Å². The van der Waals surface area contributed by atoms with E-state index in [-0.39, 0.29) is 5.91 Å². The number of hydrogen-bond donors (Lipinski definition) is 2. The summed E-state index contributed by atoms with van der Waals surface area (Å²) in [6, 6.07) is 8.03. The van der Waals surface area contributed by atoms with Crippen molar-refractivity contribution in [3.8, 4) is 0 Å². The molecule has 3 heteroatoms. The zero-order valence-electron chi connectivity index (χ0n) is 8.21. The molecule has 1 aliphatic carbocycles. The van der Waals surface area contributed by atoms with Gasteiger partial charge in [0.2, 0.25) is 5.91 Å². The second-order valence-electron chi connectivity index (χ2n) is 3.86. The number of nitrogens with two attached hydrogens (primary N) is 1. The van der Waals surface area contributed by atoms with E-state index in [2.05, 4.69) is 5.32 Å². The molecule has 1 aromatic rings. The van der Waals surface area contributed by atoms with Crippen LogP contribution in [0.25, 0.3) is 0 Å². The van der Waals surface area contributed by atoms with E-state index in [0.29, 0.717) is 12.8 Å². The van der Waals surface area contributed by atoms with Crippen molar-refractivity contribution < 1.29 is 4.79 Å². The second-order valence-corrected chi connectivity index (χ2v) is 3.86. The number of hydrogen-bond acceptors (Lipinski definition) is 2. The molecular weight excluding hydrogens is 176 g/mol. The fourth-order valence-corrected chi connectivity index (χ4v) is 2.05. The van der Waals surface area contributed by atoms with Gasteiger partial charge in [0, 0.05) is 7.05 Å². The maximum atomic E-state index is 11.6. The van der Waals surface area contributed by atoms with Crippen LogP contribution in [0.1, 0.15) is 11.1 Å². The molecule has 3 N–H and O–H groups in total. The summed E-state index contributed by atoms with van der Waals surface area (Å²) < 4.78 is 0. The molecular formula is C11H14N2O. The zero-order valence-corrected chi connectivity index (χ0v) is 8.21. The van der Waals surface area contributed by atoms with Crippen molar-refractivity contribution >= 4 is 5.91 Å². The molecule has 0 fully saturated rings. The van der Waals surface area contributed by atoms with E-state index >= 15 is 0 Å². The number of rotatable bonds is 1. The Labute approximate surface area is 83.3 Å². The van der Waals surface area contributed by atoms with Crippen LogP contribution in [0.5, 0.6) is 0 Å². The van der Waals surface area contributed by atoms with E-state index in [1.165, 1.54) is 11.1 Å². The van der Waals surface area contributed by atoms with Gasteiger partial charge in [0.1, 0.15) is 5.54 Å². The lowest BCUT2D eigenvalue weighted by Gasteiger charge is -2.20. The van der Waals surface area contributed by atoms with Gasteiger partial charge in [0.05, 0.1) is 0 Å². The van der Waals surface area contributed by atoms with E-state index in [1.807, 2.05) is 24.3 Å². The fraction of sp³-hybridized carbons (Fsp3) is 0.364. The molecule has 0 radical (unpaired) electrons. The van der Waals surface area contributed by atoms with Crippen LogP contribution in [0.15, 0.2) is 24.3 Å². The highest BCUT2D eigenvalue weighted by atomic mass is 16.2. The highest BCUT2D eigenvalue weighted by molar-refractivity contribution is 5.87. The normalized spacial score (nSPS) is 17.6. The lowest BCUT2D eigenvalue weighted by Crippen LogP contribution is -2.53. The van der Waals surface area contributed by atoms with E-state index in [0.717, 1.165) is 0 Å². The summed E-state index contributed by atoms with van der Waals surface area (Å²) in [5.74, 6) is -0.0753. The molecule has 0 unspecified atom stereocenters. The smallest absolute Gasteiger partial charge is 0.240 e. The molecule has 1 amide bonds. The van der Waals surface area contributed by atoms with Gasteiger partial charge in [0.15, 0.2) is 0 Å². The molecule has 1 aromatic carbocycles. The lowest BCUT2D eigenvalue weighted by molar-refractivity contribution is -0.125. The number of benzene rings is 1. The maximum absolute atomic E-state index is 11.6. The molecule has 0 atom stereocenters. The molecule has 0 aromatic heterocycles. The molecule has 3 nitrogen and oxygen atoms in total. The van der Waals surface area contributed by atoms with E-state index < -0.39 is 5.54 Å². The highest BCUT2D eigenvalue weighted by Crippen LogP contribution is 2.28. The number of fused-ring (bicyclic) bond motifs is 1. The van der Waals surface area contributed by atoms with Crippen molar-refractivity contribution in [1.29, 1.82) is 0 Å². The molecule has 1 aliphatic rings. The summed E-state index contributed by atoms with van der Waals surface area (Å²) in [4.78, 5) is 11.6. The summed E-state index contributed by atoms with van der Waals surface area (Å²) in [6.45, 7) is 0. The van der Waals surface area contributed by atoms with E-state index in [9.17, 15) is 4.79 Å². The number of carbonyl (C=O) groups is 1. The summed E-state index contributed by atoms with van der Waals surface area (Å²) >= 11 is 0. The molecule has 0 heterocycles. The Bertz CT molecular complexity index is 348. The van der Waals surface area contributed by atoms with Crippen LogP contribution in [-0.2, 0) is 17.6 Å². The van der Waals surface area contributed by atoms with Gasteiger partial charge in [-0.25, -0.2) is 0 Å². The Kier molecular flexibility index (Phi) is 2.04. The number of likely N-dealkylation sites (N-methyl/N-ethyl adjacent to an activating group) is 1. The molecule has 2 rings (SSSR count). The SMILES string of the molecule is CNC(=O)C1(N)Cc2ccccc2C1. The molecule has 74 valence electrons. The van der Waals surface area contributed by atoms with Gasteiger partial charge in [0.25, 0.3) is 0 Å². The number of nitrogens with one attached hydrogen (secondary N) is 1. The zero-order chi connectivity index (χ0) is 10.2. The first-order chi connectivity index (χ1) is 6.65. The first-order valence-corrected chi connectivity index (χ1v) is 4.73. The maximum Gasteiger partial charge on any atom is 0.240 e. The summed E-state index contributed by atoms with van der Waals surface area (Å²) in [6.07, 6.45) is 1.28. The molecule has 0 spiro atoms. The number of carbonyl (C=O) groups excluding carboxylic acids is 1. The minimum Gasteiger partial charge on any atom is -0.358 e. The van der Waals surface area contributed by atoms with Crippen molar-refractivity contribution in [2.45, 2.75) is 18.4 Å². The van der Waals surface area contributed by atoms with Crippen LogP contribution in [0.3, 0.4) is 0 Å². The summed E-state index contributed by atoms with van der Waals surface area (Å²) in [7, 11) is 1.62. The third-order valence-corrected chi connectivity index (χ3v) is 2.81. The van der Waals surface area contributed by atoms with Crippen molar-refractivity contribution in [2.24, 2.45) is 5.73 Å². The lowest BCUT2D eigenvalue weighted by atomic mass is 9.96. The van der Waals surface area contributed by atoms with Gasteiger partial charge in [-0.1, -0.05) is 24.3 Å². The Morgan fingerprint density at radius 3 is 2.29 bits per heavy atom. The predicted octanol–water partition coefficient (Wildman–Crippen LogP) is 0.229. The molecule has 0 bridgehead atoms.